The maximum absolute atomic E-state index is 2.46. The van der Waals surface area contributed by atoms with Gasteiger partial charge in [0.1, 0.15) is 0 Å². The molecule has 1 nitrogen and oxygen atoms in total. The van der Waals surface area contributed by atoms with Crippen molar-refractivity contribution in [1.29, 1.82) is 0 Å². The number of quaternary nitrogens is 1. The van der Waals surface area contributed by atoms with E-state index in [0.717, 1.165) is 10.4 Å². The van der Waals surface area contributed by atoms with E-state index in [1.807, 2.05) is 0 Å². The zero-order valence-corrected chi connectivity index (χ0v) is 32.1. The van der Waals surface area contributed by atoms with Crippen LogP contribution in [0.1, 0.15) is 213 Å². The maximum Gasteiger partial charge on any atom is 0.0809 e. The average molecular weight is 639 g/mol. The first kappa shape index (κ1) is 45.9. The molecule has 0 aromatic heterocycles. The van der Waals surface area contributed by atoms with Gasteiger partial charge in [0.05, 0.1) is 27.7 Å². The van der Waals surface area contributed by atoms with Gasteiger partial charge in [0.15, 0.2) is 0 Å². The highest BCUT2D eigenvalue weighted by molar-refractivity contribution is 4.82. The Hall–Kier alpha value is -0.270. The monoisotopic (exact) mass is 638 g/mol. The van der Waals surface area contributed by atoms with Crippen molar-refractivity contribution >= 4 is 0 Å². The first-order chi connectivity index (χ1) is 21.0. The third kappa shape index (κ3) is 39.8. The number of nitrogens with zero attached hydrogens (tertiary/aromatic N) is 1. The third-order valence-electron chi connectivity index (χ3n) is 9.30. The first-order valence-electron chi connectivity index (χ1n) is 20.1. The number of hydrogen-bond acceptors (Lipinski definition) is 0. The summed E-state index contributed by atoms with van der Waals surface area (Å²) in [7, 11) is 7.16. The number of hydrogen-bond donors (Lipinski definition) is 0. The molecule has 0 spiro atoms. The third-order valence-corrected chi connectivity index (χ3v) is 9.30. The van der Waals surface area contributed by atoms with Gasteiger partial charge in [-0.05, 0) is 64.2 Å². The van der Waals surface area contributed by atoms with Crippen molar-refractivity contribution in [3.8, 4) is 0 Å². The van der Waals surface area contributed by atoms with Crippen LogP contribution in [0, 0.1) is 5.92 Å². The minimum absolute atomic E-state index is 0. The minimum atomic E-state index is 0. The van der Waals surface area contributed by atoms with Gasteiger partial charge in [-0.1, -0.05) is 173 Å². The molecule has 1 unspecified atom stereocenters. The van der Waals surface area contributed by atoms with E-state index in [2.05, 4.69) is 59.3 Å². The summed E-state index contributed by atoms with van der Waals surface area (Å²) in [5, 5.41) is 0. The fourth-order valence-corrected chi connectivity index (χ4v) is 6.64. The van der Waals surface area contributed by atoms with Crippen LogP contribution in [-0.4, -0.2) is 32.2 Å². The van der Waals surface area contributed by atoms with E-state index in [4.69, 9.17) is 0 Å². The molecule has 1 atom stereocenters. The topological polar surface area (TPSA) is 0 Å². The molecule has 0 saturated carbocycles. The van der Waals surface area contributed by atoms with E-state index < -0.39 is 0 Å². The summed E-state index contributed by atoms with van der Waals surface area (Å²) in [6.07, 6.45) is 53.7. The van der Waals surface area contributed by atoms with Crippen molar-refractivity contribution < 1.29 is 16.9 Å². The SMILES string of the molecule is CCCCCCCC/C=C\CCCCCCCCCC(CCCCCCCC/C=C\CCCCCCCC)C[N+](C)(C)C.[Cl-]. The molecular weight excluding hydrogens is 554 g/mol. The fraction of sp³-hybridized carbons (Fsp3) is 0.905. The number of rotatable bonds is 35. The molecule has 0 saturated heterocycles. The summed E-state index contributed by atoms with van der Waals surface area (Å²) in [5.41, 5.74) is 0. The normalized spacial score (nSPS) is 12.8. The van der Waals surface area contributed by atoms with Gasteiger partial charge >= 0.3 is 0 Å². The molecular formula is C42H84ClN. The van der Waals surface area contributed by atoms with Crippen molar-refractivity contribution in [2.45, 2.75) is 213 Å². The Morgan fingerprint density at radius 1 is 0.364 bits per heavy atom. The van der Waals surface area contributed by atoms with Crippen molar-refractivity contribution in [3.05, 3.63) is 24.3 Å². The van der Waals surface area contributed by atoms with E-state index >= 15 is 0 Å². The quantitative estimate of drug-likeness (QED) is 0.0368. The molecule has 0 aliphatic rings. The van der Waals surface area contributed by atoms with Gasteiger partial charge in [0.25, 0.3) is 0 Å². The average Bonchev–Trinajstić information content (AvgIpc) is 2.97. The molecule has 0 rings (SSSR count). The van der Waals surface area contributed by atoms with Crippen LogP contribution in [0.15, 0.2) is 24.3 Å². The van der Waals surface area contributed by atoms with Gasteiger partial charge in [-0.25, -0.2) is 0 Å². The second kappa shape index (κ2) is 37.2. The van der Waals surface area contributed by atoms with Crippen molar-refractivity contribution in [2.24, 2.45) is 5.92 Å². The van der Waals surface area contributed by atoms with Crippen LogP contribution in [0.4, 0.5) is 0 Å². The van der Waals surface area contributed by atoms with Gasteiger partial charge in [-0.2, -0.15) is 0 Å². The maximum atomic E-state index is 2.46. The van der Waals surface area contributed by atoms with E-state index in [1.165, 1.54) is 206 Å². The summed E-state index contributed by atoms with van der Waals surface area (Å²) < 4.78 is 1.13. The van der Waals surface area contributed by atoms with Crippen LogP contribution >= 0.6 is 0 Å². The second-order valence-corrected chi connectivity index (χ2v) is 15.1. The Morgan fingerprint density at radius 3 is 0.886 bits per heavy atom. The zero-order valence-electron chi connectivity index (χ0n) is 31.3. The van der Waals surface area contributed by atoms with Crippen LogP contribution in [-0.2, 0) is 0 Å². The van der Waals surface area contributed by atoms with E-state index in [-0.39, 0.29) is 12.4 Å². The summed E-state index contributed by atoms with van der Waals surface area (Å²) in [4.78, 5) is 0. The largest absolute Gasteiger partial charge is 1.00 e. The van der Waals surface area contributed by atoms with Gasteiger partial charge in [-0.3, -0.25) is 0 Å². The standard InChI is InChI=1S/C42H84N.ClH/c1-6-8-10-12-14-16-18-20-22-24-26-28-30-32-34-36-38-40-42(41-43(3,4)5)39-37-35-33-31-29-27-25-23-21-19-17-15-13-11-9-7-2;/h20-23,42H,6-19,24-41H2,1-5H3;1H/q+1;/p-1/b22-20-,23-21-;. The molecule has 2 heteroatoms. The molecule has 0 N–H and O–H groups in total. The predicted octanol–water partition coefficient (Wildman–Crippen LogP) is 11.6. The molecule has 0 bridgehead atoms. The Labute approximate surface area is 286 Å². The van der Waals surface area contributed by atoms with Gasteiger partial charge < -0.3 is 16.9 Å². The Kier molecular flexibility index (Phi) is 38.8. The molecule has 0 aliphatic carbocycles. The molecule has 0 radical (unpaired) electrons. The van der Waals surface area contributed by atoms with Gasteiger partial charge in [-0.15, -0.1) is 0 Å². The lowest BCUT2D eigenvalue weighted by atomic mass is 9.93. The first-order valence-corrected chi connectivity index (χ1v) is 20.1. The summed E-state index contributed by atoms with van der Waals surface area (Å²) in [6.45, 7) is 5.96. The van der Waals surface area contributed by atoms with Gasteiger partial charge in [0.2, 0.25) is 0 Å². The molecule has 44 heavy (non-hydrogen) atoms. The molecule has 0 fully saturated rings. The Balaban J connectivity index is 0. The van der Waals surface area contributed by atoms with Crippen LogP contribution < -0.4 is 12.4 Å². The van der Waals surface area contributed by atoms with E-state index in [1.54, 1.807) is 0 Å². The summed E-state index contributed by atoms with van der Waals surface area (Å²) in [5.74, 6) is 0.930. The molecule has 0 aromatic rings. The number of halogens is 1. The Morgan fingerprint density at radius 2 is 0.614 bits per heavy atom. The highest BCUT2D eigenvalue weighted by Gasteiger charge is 2.17. The molecule has 0 aromatic carbocycles. The number of unbranched alkanes of at least 4 members (excludes halogenated alkanes) is 25. The molecule has 0 aliphatic heterocycles. The lowest BCUT2D eigenvalue weighted by Gasteiger charge is -2.29. The predicted molar refractivity (Wildman–Crippen MR) is 199 cm³/mol. The minimum Gasteiger partial charge on any atom is -1.00 e. The van der Waals surface area contributed by atoms with Gasteiger partial charge in [0, 0.05) is 5.92 Å². The lowest BCUT2D eigenvalue weighted by Crippen LogP contribution is -3.00. The van der Waals surface area contributed by atoms with Crippen molar-refractivity contribution in [2.75, 3.05) is 27.7 Å². The van der Waals surface area contributed by atoms with Crippen LogP contribution in [0.3, 0.4) is 0 Å². The highest BCUT2D eigenvalue weighted by atomic mass is 35.5. The highest BCUT2D eigenvalue weighted by Crippen LogP contribution is 2.22. The molecule has 264 valence electrons. The van der Waals surface area contributed by atoms with E-state index in [9.17, 15) is 0 Å². The van der Waals surface area contributed by atoms with Crippen molar-refractivity contribution in [3.63, 3.8) is 0 Å². The molecule has 0 heterocycles. The number of allylic oxidation sites excluding steroid dienone is 4. The summed E-state index contributed by atoms with van der Waals surface area (Å²) >= 11 is 0. The van der Waals surface area contributed by atoms with E-state index in [0.29, 0.717) is 0 Å². The molecule has 0 amide bonds. The summed E-state index contributed by atoms with van der Waals surface area (Å²) in [6, 6.07) is 0. The van der Waals surface area contributed by atoms with Crippen LogP contribution in [0.2, 0.25) is 0 Å². The van der Waals surface area contributed by atoms with Crippen LogP contribution in [0.5, 0.6) is 0 Å². The fourth-order valence-electron chi connectivity index (χ4n) is 6.64. The van der Waals surface area contributed by atoms with Crippen LogP contribution in [0.25, 0.3) is 0 Å². The second-order valence-electron chi connectivity index (χ2n) is 15.1. The Bertz CT molecular complexity index is 575. The van der Waals surface area contributed by atoms with Crippen molar-refractivity contribution in [1.82, 2.24) is 0 Å². The lowest BCUT2D eigenvalue weighted by molar-refractivity contribution is -0.874. The zero-order chi connectivity index (χ0) is 31.5. The smallest absolute Gasteiger partial charge is 0.0809 e.